The number of nitrogens with zero attached hydrogens (tertiary/aromatic N) is 1. The number of hydrogen-bond donors (Lipinski definition) is 1. The normalized spacial score (nSPS) is 20.0. The maximum absolute atomic E-state index is 6.07. The molecule has 1 fully saturated rings. The fourth-order valence-corrected chi connectivity index (χ4v) is 3.77. The monoisotopic (exact) mass is 372 g/mol. The third-order valence-corrected chi connectivity index (χ3v) is 5.42. The van der Waals surface area contributed by atoms with Crippen molar-refractivity contribution < 1.29 is 4.74 Å². The number of pyridine rings is 1. The molecule has 0 bridgehead atoms. The zero-order valence-corrected chi connectivity index (χ0v) is 16.6. The minimum Gasteiger partial charge on any atom is -0.491 e. The van der Waals surface area contributed by atoms with E-state index in [0.29, 0.717) is 12.6 Å². The van der Waals surface area contributed by atoms with Crippen LogP contribution in [0.4, 0.5) is 5.69 Å². The Labute approximate surface area is 162 Å². The van der Waals surface area contributed by atoms with Gasteiger partial charge in [-0.25, -0.2) is 0 Å². The summed E-state index contributed by atoms with van der Waals surface area (Å²) in [6, 6.07) is 10.6. The molecule has 1 aromatic heterocycles. The number of aryl methyl sites for hydroxylation is 1. The van der Waals surface area contributed by atoms with Gasteiger partial charge >= 0.3 is 0 Å². The maximum Gasteiger partial charge on any atom is 0.142 e. The number of aromatic nitrogens is 1. The number of anilines is 1. The van der Waals surface area contributed by atoms with Gasteiger partial charge in [-0.05, 0) is 55.7 Å². The molecule has 1 heterocycles. The first-order valence-electron chi connectivity index (χ1n) is 9.76. The van der Waals surface area contributed by atoms with E-state index in [1.165, 1.54) is 31.2 Å². The Hall–Kier alpha value is -1.74. The average molecular weight is 373 g/mol. The molecule has 3 rings (SSSR count). The van der Waals surface area contributed by atoms with E-state index in [2.05, 4.69) is 36.3 Å². The Bertz CT molecular complexity index is 711. The van der Waals surface area contributed by atoms with Gasteiger partial charge < -0.3 is 10.1 Å². The Morgan fingerprint density at radius 3 is 2.73 bits per heavy atom. The van der Waals surface area contributed by atoms with Gasteiger partial charge in [-0.15, -0.1) is 0 Å². The van der Waals surface area contributed by atoms with Crippen LogP contribution in [0.1, 0.15) is 50.8 Å². The summed E-state index contributed by atoms with van der Waals surface area (Å²) in [5.74, 6) is 1.75. The van der Waals surface area contributed by atoms with Crippen LogP contribution in [0.25, 0.3) is 0 Å². The summed E-state index contributed by atoms with van der Waals surface area (Å²) in [6.45, 7) is 5.08. The second-order valence-corrected chi connectivity index (χ2v) is 7.79. The molecule has 26 heavy (non-hydrogen) atoms. The second kappa shape index (κ2) is 9.27. The van der Waals surface area contributed by atoms with Crippen molar-refractivity contribution in [3.05, 3.63) is 52.8 Å². The van der Waals surface area contributed by atoms with Gasteiger partial charge in [-0.2, -0.15) is 0 Å². The summed E-state index contributed by atoms with van der Waals surface area (Å²) in [5.41, 5.74) is 3.27. The molecule has 140 valence electrons. The number of ether oxygens (including phenoxy) is 1. The molecular formula is C22H29ClN2O. The van der Waals surface area contributed by atoms with Crippen LogP contribution in [0.3, 0.4) is 0 Å². The van der Waals surface area contributed by atoms with Crippen LogP contribution in [0, 0.1) is 5.92 Å². The van der Waals surface area contributed by atoms with Crippen LogP contribution < -0.4 is 10.1 Å². The predicted octanol–water partition coefficient (Wildman–Crippen LogP) is 5.91. The van der Waals surface area contributed by atoms with Gasteiger partial charge in [0.1, 0.15) is 5.75 Å². The minimum atomic E-state index is 0.555. The highest BCUT2D eigenvalue weighted by Gasteiger charge is 2.18. The molecule has 1 N–H and O–H groups in total. The molecule has 3 nitrogen and oxygen atoms in total. The molecule has 2 aromatic rings. The first kappa shape index (κ1) is 19.0. The van der Waals surface area contributed by atoms with Crippen LogP contribution in [0.5, 0.6) is 5.75 Å². The molecule has 0 aliphatic heterocycles. The maximum atomic E-state index is 6.07. The first-order chi connectivity index (χ1) is 12.6. The summed E-state index contributed by atoms with van der Waals surface area (Å²) in [6.07, 6.45) is 8.74. The van der Waals surface area contributed by atoms with Crippen molar-refractivity contribution in [1.29, 1.82) is 0 Å². The Balaban J connectivity index is 1.60. The van der Waals surface area contributed by atoms with E-state index in [-0.39, 0.29) is 0 Å². The van der Waals surface area contributed by atoms with Crippen molar-refractivity contribution in [3.8, 4) is 5.75 Å². The summed E-state index contributed by atoms with van der Waals surface area (Å²) >= 11 is 6.05. The zero-order chi connectivity index (χ0) is 18.4. The standard InChI is InChI=1S/C22H29ClN2O/c1-3-21-22(26-12-11-17-5-4-6-18(23)13-17)14-20(15-24-21)25-19-9-7-16(2)8-10-19/h4-6,13-16,19,25H,3,7-12H2,1-2H3. The highest BCUT2D eigenvalue weighted by atomic mass is 35.5. The van der Waals surface area contributed by atoms with Gasteiger partial charge in [0.05, 0.1) is 24.2 Å². The minimum absolute atomic E-state index is 0.555. The lowest BCUT2D eigenvalue weighted by atomic mass is 9.87. The van der Waals surface area contributed by atoms with E-state index in [1.54, 1.807) is 0 Å². The average Bonchev–Trinajstić information content (AvgIpc) is 2.64. The van der Waals surface area contributed by atoms with Crippen LogP contribution in [0.15, 0.2) is 36.5 Å². The quantitative estimate of drug-likeness (QED) is 0.656. The predicted molar refractivity (Wildman–Crippen MR) is 109 cm³/mol. The lowest BCUT2D eigenvalue weighted by Gasteiger charge is -2.27. The Morgan fingerprint density at radius 2 is 2.00 bits per heavy atom. The zero-order valence-electron chi connectivity index (χ0n) is 15.8. The van der Waals surface area contributed by atoms with Gasteiger partial charge in [0, 0.05) is 23.6 Å². The Kier molecular flexibility index (Phi) is 6.79. The van der Waals surface area contributed by atoms with E-state index in [9.17, 15) is 0 Å². The molecule has 0 radical (unpaired) electrons. The third kappa shape index (κ3) is 5.38. The number of rotatable bonds is 7. The highest BCUT2D eigenvalue weighted by molar-refractivity contribution is 6.30. The number of halogens is 1. The lowest BCUT2D eigenvalue weighted by molar-refractivity contribution is 0.317. The lowest BCUT2D eigenvalue weighted by Crippen LogP contribution is -2.25. The molecule has 1 aliphatic carbocycles. The van der Waals surface area contributed by atoms with Crippen LogP contribution >= 0.6 is 11.6 Å². The van der Waals surface area contributed by atoms with Crippen LogP contribution in [0.2, 0.25) is 5.02 Å². The highest BCUT2D eigenvalue weighted by Crippen LogP contribution is 2.28. The van der Waals surface area contributed by atoms with Crippen LogP contribution in [-0.4, -0.2) is 17.6 Å². The molecule has 1 aromatic carbocycles. The van der Waals surface area contributed by atoms with E-state index < -0.39 is 0 Å². The fourth-order valence-electron chi connectivity index (χ4n) is 3.55. The van der Waals surface area contributed by atoms with Gasteiger partial charge in [-0.1, -0.05) is 37.6 Å². The van der Waals surface area contributed by atoms with E-state index >= 15 is 0 Å². The first-order valence-corrected chi connectivity index (χ1v) is 10.1. The summed E-state index contributed by atoms with van der Waals surface area (Å²) < 4.78 is 6.07. The van der Waals surface area contributed by atoms with Crippen molar-refractivity contribution in [2.75, 3.05) is 11.9 Å². The smallest absolute Gasteiger partial charge is 0.142 e. The van der Waals surface area contributed by atoms with Gasteiger partial charge in [-0.3, -0.25) is 4.98 Å². The molecule has 4 heteroatoms. The number of benzene rings is 1. The summed E-state index contributed by atoms with van der Waals surface area (Å²) in [5, 5.41) is 4.42. The molecule has 1 saturated carbocycles. The summed E-state index contributed by atoms with van der Waals surface area (Å²) in [7, 11) is 0. The summed E-state index contributed by atoms with van der Waals surface area (Å²) in [4.78, 5) is 4.61. The molecule has 1 aliphatic rings. The van der Waals surface area contributed by atoms with Crippen molar-refractivity contribution in [2.24, 2.45) is 5.92 Å². The molecule has 0 saturated heterocycles. The molecule has 0 atom stereocenters. The second-order valence-electron chi connectivity index (χ2n) is 7.35. The molecule has 0 spiro atoms. The van der Waals surface area contributed by atoms with Crippen molar-refractivity contribution >= 4 is 17.3 Å². The van der Waals surface area contributed by atoms with E-state index in [4.69, 9.17) is 16.3 Å². The molecule has 0 amide bonds. The van der Waals surface area contributed by atoms with Crippen molar-refractivity contribution in [2.45, 2.75) is 58.4 Å². The van der Waals surface area contributed by atoms with Gasteiger partial charge in [0.25, 0.3) is 0 Å². The van der Waals surface area contributed by atoms with E-state index in [1.807, 2.05) is 24.4 Å². The van der Waals surface area contributed by atoms with Gasteiger partial charge in [0.2, 0.25) is 0 Å². The fraction of sp³-hybridized carbons (Fsp3) is 0.500. The molecule has 0 unspecified atom stereocenters. The number of nitrogens with one attached hydrogen (secondary N) is 1. The largest absolute Gasteiger partial charge is 0.491 e. The van der Waals surface area contributed by atoms with Crippen molar-refractivity contribution in [3.63, 3.8) is 0 Å². The van der Waals surface area contributed by atoms with Crippen molar-refractivity contribution in [1.82, 2.24) is 4.98 Å². The Morgan fingerprint density at radius 1 is 1.19 bits per heavy atom. The topological polar surface area (TPSA) is 34.2 Å². The van der Waals surface area contributed by atoms with Gasteiger partial charge in [0.15, 0.2) is 0 Å². The number of hydrogen-bond acceptors (Lipinski definition) is 3. The molecular weight excluding hydrogens is 344 g/mol. The van der Waals surface area contributed by atoms with Crippen LogP contribution in [-0.2, 0) is 12.8 Å². The van der Waals surface area contributed by atoms with E-state index in [0.717, 1.165) is 40.9 Å². The SMILES string of the molecule is CCc1ncc(NC2CCC(C)CC2)cc1OCCc1cccc(Cl)c1. The third-order valence-electron chi connectivity index (χ3n) is 5.19.